The number of benzene rings is 1. The summed E-state index contributed by atoms with van der Waals surface area (Å²) in [6.07, 6.45) is 6.31. The van der Waals surface area contributed by atoms with Crippen molar-refractivity contribution < 1.29 is 4.39 Å². The molecular weight excluding hydrogens is 239 g/mol. The van der Waals surface area contributed by atoms with Gasteiger partial charge in [-0.1, -0.05) is 18.9 Å². The number of hydrogen-bond acceptors (Lipinski definition) is 2. The van der Waals surface area contributed by atoms with Crippen LogP contribution in [0.4, 0.5) is 10.1 Å². The molecule has 0 spiro atoms. The van der Waals surface area contributed by atoms with E-state index in [4.69, 9.17) is 0 Å². The van der Waals surface area contributed by atoms with Crippen LogP contribution >= 0.6 is 0 Å². The monoisotopic (exact) mass is 264 g/mol. The molecule has 1 aliphatic heterocycles. The van der Waals surface area contributed by atoms with E-state index in [1.165, 1.54) is 31.7 Å². The van der Waals surface area contributed by atoms with E-state index >= 15 is 0 Å². The normalized spacial score (nSPS) is 21.7. The first-order valence-electron chi connectivity index (χ1n) is 7.42. The van der Waals surface area contributed by atoms with Gasteiger partial charge in [0.15, 0.2) is 0 Å². The summed E-state index contributed by atoms with van der Waals surface area (Å²) in [6, 6.07) is 6.18. The Balaban J connectivity index is 1.89. The number of anilines is 1. The van der Waals surface area contributed by atoms with Gasteiger partial charge in [0, 0.05) is 23.3 Å². The van der Waals surface area contributed by atoms with Crippen molar-refractivity contribution in [2.45, 2.75) is 58.0 Å². The lowest BCUT2D eigenvalue weighted by Gasteiger charge is -2.23. The zero-order valence-corrected chi connectivity index (χ0v) is 12.0. The predicted molar refractivity (Wildman–Crippen MR) is 79.1 cm³/mol. The van der Waals surface area contributed by atoms with Gasteiger partial charge in [-0.25, -0.2) is 4.39 Å². The van der Waals surface area contributed by atoms with Crippen molar-refractivity contribution in [1.82, 2.24) is 5.32 Å². The Labute approximate surface area is 115 Å². The maximum Gasteiger partial charge on any atom is 0.128 e. The fourth-order valence-electron chi connectivity index (χ4n) is 2.82. The van der Waals surface area contributed by atoms with Crippen LogP contribution in [0.15, 0.2) is 18.2 Å². The van der Waals surface area contributed by atoms with Crippen LogP contribution in [-0.4, -0.2) is 18.6 Å². The Morgan fingerprint density at radius 1 is 1.37 bits per heavy atom. The molecule has 2 N–H and O–H groups in total. The van der Waals surface area contributed by atoms with E-state index in [2.05, 4.69) is 17.6 Å². The van der Waals surface area contributed by atoms with E-state index in [0.29, 0.717) is 17.6 Å². The van der Waals surface area contributed by atoms with Gasteiger partial charge >= 0.3 is 0 Å². The van der Waals surface area contributed by atoms with Crippen molar-refractivity contribution in [3.63, 3.8) is 0 Å². The van der Waals surface area contributed by atoms with Crippen molar-refractivity contribution in [1.29, 1.82) is 0 Å². The van der Waals surface area contributed by atoms with Gasteiger partial charge in [-0.05, 0) is 51.8 Å². The van der Waals surface area contributed by atoms with Crippen LogP contribution in [0.1, 0.15) is 44.6 Å². The second-order valence-corrected chi connectivity index (χ2v) is 5.69. The Hall–Kier alpha value is -1.09. The first kappa shape index (κ1) is 14.3. The molecule has 0 radical (unpaired) electrons. The van der Waals surface area contributed by atoms with E-state index in [0.717, 1.165) is 18.7 Å². The lowest BCUT2D eigenvalue weighted by molar-refractivity contribution is 0.456. The Morgan fingerprint density at radius 3 is 3.05 bits per heavy atom. The number of hydrogen-bond donors (Lipinski definition) is 2. The summed E-state index contributed by atoms with van der Waals surface area (Å²) < 4.78 is 13.5. The number of halogens is 1. The van der Waals surface area contributed by atoms with Crippen LogP contribution in [0.25, 0.3) is 0 Å². The van der Waals surface area contributed by atoms with Crippen molar-refractivity contribution in [2.24, 2.45) is 0 Å². The van der Waals surface area contributed by atoms with Gasteiger partial charge in [0.1, 0.15) is 5.82 Å². The minimum absolute atomic E-state index is 0.134. The average molecular weight is 264 g/mol. The van der Waals surface area contributed by atoms with Crippen LogP contribution in [0.3, 0.4) is 0 Å². The maximum atomic E-state index is 13.5. The predicted octanol–water partition coefficient (Wildman–Crippen LogP) is 3.86. The van der Waals surface area contributed by atoms with E-state index < -0.39 is 0 Å². The van der Waals surface area contributed by atoms with Crippen molar-refractivity contribution in [3.8, 4) is 0 Å². The van der Waals surface area contributed by atoms with E-state index in [1.54, 1.807) is 6.07 Å². The molecule has 0 saturated carbocycles. The molecule has 0 aromatic heterocycles. The fraction of sp³-hybridized carbons (Fsp3) is 0.625. The van der Waals surface area contributed by atoms with Crippen molar-refractivity contribution in [3.05, 3.63) is 29.6 Å². The minimum atomic E-state index is -0.134. The lowest BCUT2D eigenvalue weighted by atomic mass is 10.0. The second-order valence-electron chi connectivity index (χ2n) is 5.69. The fourth-order valence-corrected chi connectivity index (χ4v) is 2.82. The molecule has 3 heteroatoms. The molecule has 1 aromatic carbocycles. The third-order valence-corrected chi connectivity index (χ3v) is 3.97. The topological polar surface area (TPSA) is 24.1 Å². The SMILES string of the molecule is Cc1c(F)cccc1NC(C)CC1CCCCCN1. The Bertz CT molecular complexity index is 398. The minimum Gasteiger partial charge on any atom is -0.382 e. The third-order valence-electron chi connectivity index (χ3n) is 3.97. The molecule has 1 fully saturated rings. The van der Waals surface area contributed by atoms with Crippen LogP contribution in [0, 0.1) is 12.7 Å². The van der Waals surface area contributed by atoms with Crippen LogP contribution < -0.4 is 10.6 Å². The summed E-state index contributed by atoms with van der Waals surface area (Å²) >= 11 is 0. The molecule has 1 aliphatic rings. The number of rotatable bonds is 4. The molecule has 19 heavy (non-hydrogen) atoms. The molecule has 106 valence electrons. The second kappa shape index (κ2) is 6.90. The summed E-state index contributed by atoms with van der Waals surface area (Å²) in [7, 11) is 0. The highest BCUT2D eigenvalue weighted by Gasteiger charge is 2.15. The summed E-state index contributed by atoms with van der Waals surface area (Å²) in [5, 5.41) is 7.05. The summed E-state index contributed by atoms with van der Waals surface area (Å²) in [5.74, 6) is -0.134. The first-order chi connectivity index (χ1) is 9.16. The third kappa shape index (κ3) is 4.20. The van der Waals surface area contributed by atoms with Crippen molar-refractivity contribution in [2.75, 3.05) is 11.9 Å². The molecule has 2 atom stereocenters. The molecule has 2 unspecified atom stereocenters. The van der Waals surface area contributed by atoms with Gasteiger partial charge < -0.3 is 10.6 Å². The summed E-state index contributed by atoms with van der Waals surface area (Å²) in [6.45, 7) is 5.14. The van der Waals surface area contributed by atoms with E-state index in [-0.39, 0.29) is 5.82 Å². The molecule has 2 nitrogen and oxygen atoms in total. The smallest absolute Gasteiger partial charge is 0.128 e. The highest BCUT2D eigenvalue weighted by atomic mass is 19.1. The van der Waals surface area contributed by atoms with Crippen molar-refractivity contribution >= 4 is 5.69 Å². The molecular formula is C16H25FN2. The molecule has 1 heterocycles. The quantitative estimate of drug-likeness (QED) is 0.863. The maximum absolute atomic E-state index is 13.5. The average Bonchev–Trinajstić information content (AvgIpc) is 2.63. The highest BCUT2D eigenvalue weighted by Crippen LogP contribution is 2.20. The van der Waals surface area contributed by atoms with Gasteiger partial charge in [0.05, 0.1) is 0 Å². The Morgan fingerprint density at radius 2 is 2.21 bits per heavy atom. The van der Waals surface area contributed by atoms with Gasteiger partial charge in [0.2, 0.25) is 0 Å². The van der Waals surface area contributed by atoms with Crippen LogP contribution in [0.5, 0.6) is 0 Å². The Kier molecular flexibility index (Phi) is 5.20. The summed E-state index contributed by atoms with van der Waals surface area (Å²) in [5.41, 5.74) is 1.63. The number of nitrogens with one attached hydrogen (secondary N) is 2. The van der Waals surface area contributed by atoms with Gasteiger partial charge in [0.25, 0.3) is 0 Å². The lowest BCUT2D eigenvalue weighted by Crippen LogP contribution is -2.33. The molecule has 1 saturated heterocycles. The van der Waals surface area contributed by atoms with E-state index in [9.17, 15) is 4.39 Å². The molecule has 1 aromatic rings. The molecule has 0 bridgehead atoms. The van der Waals surface area contributed by atoms with Crippen LogP contribution in [-0.2, 0) is 0 Å². The van der Waals surface area contributed by atoms with Gasteiger partial charge in [-0.2, -0.15) is 0 Å². The van der Waals surface area contributed by atoms with E-state index in [1.807, 2.05) is 13.0 Å². The molecule has 0 amide bonds. The molecule has 2 rings (SSSR count). The largest absolute Gasteiger partial charge is 0.382 e. The first-order valence-corrected chi connectivity index (χ1v) is 7.42. The summed E-state index contributed by atoms with van der Waals surface area (Å²) in [4.78, 5) is 0. The zero-order chi connectivity index (χ0) is 13.7. The van der Waals surface area contributed by atoms with Crippen LogP contribution in [0.2, 0.25) is 0 Å². The zero-order valence-electron chi connectivity index (χ0n) is 12.0. The molecule has 0 aliphatic carbocycles. The standard InChI is InChI=1S/C16H25FN2/c1-12(11-14-7-4-3-5-10-18-14)19-16-9-6-8-15(17)13(16)2/h6,8-9,12,14,18-19H,3-5,7,10-11H2,1-2H3. The van der Waals surface area contributed by atoms with Gasteiger partial charge in [-0.3, -0.25) is 0 Å². The highest BCUT2D eigenvalue weighted by molar-refractivity contribution is 5.51. The van der Waals surface area contributed by atoms with Gasteiger partial charge in [-0.15, -0.1) is 0 Å².